The predicted molar refractivity (Wildman–Crippen MR) is 75.4 cm³/mol. The van der Waals surface area contributed by atoms with Gasteiger partial charge >= 0.3 is 0 Å². The number of nitrogens with one attached hydrogen (secondary N) is 1. The molecule has 1 aliphatic heterocycles. The Kier molecular flexibility index (Phi) is 5.62. The fourth-order valence-electron chi connectivity index (χ4n) is 2.67. The van der Waals surface area contributed by atoms with Gasteiger partial charge in [0.25, 0.3) is 0 Å². The maximum Gasteiger partial charge on any atom is 0.0312 e. The van der Waals surface area contributed by atoms with Crippen molar-refractivity contribution in [1.82, 2.24) is 15.2 Å². The molecule has 1 saturated heterocycles. The first-order valence-corrected chi connectivity index (χ1v) is 7.24. The molecule has 0 saturated carbocycles. The SMILES string of the molecule is CCCNCC1CCCCN1Cc1cccnc1. The number of hydrogen-bond donors (Lipinski definition) is 1. The number of piperidine rings is 1. The van der Waals surface area contributed by atoms with Crippen LogP contribution in [0.15, 0.2) is 24.5 Å². The molecule has 0 aliphatic carbocycles. The molecule has 1 unspecified atom stereocenters. The lowest BCUT2D eigenvalue weighted by atomic mass is 10.0. The van der Waals surface area contributed by atoms with Crippen molar-refractivity contribution in [3.8, 4) is 0 Å². The molecule has 0 amide bonds. The van der Waals surface area contributed by atoms with Crippen molar-refractivity contribution in [2.75, 3.05) is 19.6 Å². The summed E-state index contributed by atoms with van der Waals surface area (Å²) >= 11 is 0. The lowest BCUT2D eigenvalue weighted by molar-refractivity contribution is 0.137. The highest BCUT2D eigenvalue weighted by Gasteiger charge is 2.21. The van der Waals surface area contributed by atoms with Crippen LogP contribution in [-0.2, 0) is 6.54 Å². The number of aromatic nitrogens is 1. The number of pyridine rings is 1. The van der Waals surface area contributed by atoms with Crippen molar-refractivity contribution in [3.05, 3.63) is 30.1 Å². The minimum atomic E-state index is 0.700. The van der Waals surface area contributed by atoms with Gasteiger partial charge < -0.3 is 5.32 Å². The maximum absolute atomic E-state index is 4.21. The van der Waals surface area contributed by atoms with Crippen molar-refractivity contribution in [2.24, 2.45) is 0 Å². The molecule has 0 bridgehead atoms. The zero-order valence-electron chi connectivity index (χ0n) is 11.4. The van der Waals surface area contributed by atoms with E-state index in [1.54, 1.807) is 0 Å². The van der Waals surface area contributed by atoms with Crippen molar-refractivity contribution < 1.29 is 0 Å². The minimum Gasteiger partial charge on any atom is -0.315 e. The second-order valence-electron chi connectivity index (χ2n) is 5.19. The molecule has 0 radical (unpaired) electrons. The fraction of sp³-hybridized carbons (Fsp3) is 0.667. The quantitative estimate of drug-likeness (QED) is 0.783. The van der Waals surface area contributed by atoms with Crippen molar-refractivity contribution in [3.63, 3.8) is 0 Å². The second kappa shape index (κ2) is 7.49. The molecule has 3 heteroatoms. The molecule has 0 aromatic carbocycles. The summed E-state index contributed by atoms with van der Waals surface area (Å²) in [6, 6.07) is 4.91. The predicted octanol–water partition coefficient (Wildman–Crippen LogP) is 2.44. The Balaban J connectivity index is 1.87. The smallest absolute Gasteiger partial charge is 0.0312 e. The van der Waals surface area contributed by atoms with Crippen LogP contribution in [0.1, 0.15) is 38.2 Å². The molecular formula is C15H25N3. The molecule has 3 nitrogen and oxygen atoms in total. The zero-order chi connectivity index (χ0) is 12.6. The largest absolute Gasteiger partial charge is 0.315 e. The molecule has 1 aromatic heterocycles. The van der Waals surface area contributed by atoms with E-state index in [9.17, 15) is 0 Å². The van der Waals surface area contributed by atoms with Gasteiger partial charge in [0.1, 0.15) is 0 Å². The molecule has 1 atom stereocenters. The Morgan fingerprint density at radius 1 is 1.44 bits per heavy atom. The van der Waals surface area contributed by atoms with Gasteiger partial charge in [-0.2, -0.15) is 0 Å². The van der Waals surface area contributed by atoms with Gasteiger partial charge in [-0.3, -0.25) is 9.88 Å². The summed E-state index contributed by atoms with van der Waals surface area (Å²) in [6.45, 7) is 6.77. The van der Waals surface area contributed by atoms with E-state index in [1.165, 1.54) is 37.8 Å². The Bertz CT molecular complexity index is 326. The lowest BCUT2D eigenvalue weighted by Gasteiger charge is -2.36. The van der Waals surface area contributed by atoms with Crippen LogP contribution < -0.4 is 5.32 Å². The number of hydrogen-bond acceptors (Lipinski definition) is 3. The molecule has 1 fully saturated rings. The van der Waals surface area contributed by atoms with Crippen molar-refractivity contribution in [2.45, 2.75) is 45.2 Å². The topological polar surface area (TPSA) is 28.2 Å². The van der Waals surface area contributed by atoms with E-state index < -0.39 is 0 Å². The number of nitrogens with zero attached hydrogens (tertiary/aromatic N) is 2. The first-order chi connectivity index (χ1) is 8.90. The normalized spacial score (nSPS) is 21.1. The van der Waals surface area contributed by atoms with Gasteiger partial charge in [-0.05, 0) is 44.0 Å². The van der Waals surface area contributed by atoms with E-state index in [1.807, 2.05) is 18.5 Å². The van der Waals surface area contributed by atoms with Crippen LogP contribution >= 0.6 is 0 Å². The Hall–Kier alpha value is -0.930. The summed E-state index contributed by atoms with van der Waals surface area (Å²) in [7, 11) is 0. The van der Waals surface area contributed by atoms with Gasteiger partial charge in [0.15, 0.2) is 0 Å². The number of rotatable bonds is 6. The lowest BCUT2D eigenvalue weighted by Crippen LogP contribution is -2.45. The average Bonchev–Trinajstić information content (AvgIpc) is 2.42. The van der Waals surface area contributed by atoms with Gasteiger partial charge in [0.05, 0.1) is 0 Å². The fourth-order valence-corrected chi connectivity index (χ4v) is 2.67. The molecule has 18 heavy (non-hydrogen) atoms. The van der Waals surface area contributed by atoms with Crippen LogP contribution in [0.25, 0.3) is 0 Å². The summed E-state index contributed by atoms with van der Waals surface area (Å²) in [5.74, 6) is 0. The highest BCUT2D eigenvalue weighted by molar-refractivity contribution is 5.08. The molecule has 1 N–H and O–H groups in total. The molecule has 1 aromatic rings. The summed E-state index contributed by atoms with van der Waals surface area (Å²) in [6.07, 6.45) is 9.10. The van der Waals surface area contributed by atoms with E-state index in [2.05, 4.69) is 28.2 Å². The third-order valence-electron chi connectivity index (χ3n) is 3.66. The van der Waals surface area contributed by atoms with Gasteiger partial charge in [-0.15, -0.1) is 0 Å². The van der Waals surface area contributed by atoms with E-state index >= 15 is 0 Å². The van der Waals surface area contributed by atoms with Gasteiger partial charge in [0.2, 0.25) is 0 Å². The van der Waals surface area contributed by atoms with E-state index in [0.29, 0.717) is 6.04 Å². The monoisotopic (exact) mass is 247 g/mol. The van der Waals surface area contributed by atoms with Crippen LogP contribution in [0, 0.1) is 0 Å². The highest BCUT2D eigenvalue weighted by Crippen LogP contribution is 2.18. The summed E-state index contributed by atoms with van der Waals surface area (Å²) in [4.78, 5) is 6.82. The van der Waals surface area contributed by atoms with E-state index in [4.69, 9.17) is 0 Å². The average molecular weight is 247 g/mol. The van der Waals surface area contributed by atoms with Crippen LogP contribution in [0.2, 0.25) is 0 Å². The van der Waals surface area contributed by atoms with Crippen LogP contribution in [0.3, 0.4) is 0 Å². The van der Waals surface area contributed by atoms with Crippen molar-refractivity contribution in [1.29, 1.82) is 0 Å². The van der Waals surface area contributed by atoms with Crippen molar-refractivity contribution >= 4 is 0 Å². The zero-order valence-corrected chi connectivity index (χ0v) is 11.4. The van der Waals surface area contributed by atoms with Gasteiger partial charge in [0, 0.05) is 31.5 Å². The second-order valence-corrected chi connectivity index (χ2v) is 5.19. The highest BCUT2D eigenvalue weighted by atomic mass is 15.2. The Labute approximate surface area is 111 Å². The number of likely N-dealkylation sites (tertiary alicyclic amines) is 1. The van der Waals surface area contributed by atoms with Gasteiger partial charge in [-0.25, -0.2) is 0 Å². The van der Waals surface area contributed by atoms with E-state index in [-0.39, 0.29) is 0 Å². The van der Waals surface area contributed by atoms with Crippen LogP contribution in [-0.4, -0.2) is 35.6 Å². The molecule has 2 heterocycles. The van der Waals surface area contributed by atoms with Crippen LogP contribution in [0.4, 0.5) is 0 Å². The maximum atomic E-state index is 4.21. The molecular weight excluding hydrogens is 222 g/mol. The molecule has 2 rings (SSSR count). The standard InChI is InChI=1S/C15H25N3/c1-2-8-16-12-15-7-3-4-10-18(15)13-14-6-5-9-17-11-14/h5-6,9,11,15-16H,2-4,7-8,10,12-13H2,1H3. The molecule has 1 aliphatic rings. The summed E-state index contributed by atoms with van der Waals surface area (Å²) in [5.41, 5.74) is 1.33. The third kappa shape index (κ3) is 4.07. The molecule has 0 spiro atoms. The van der Waals surface area contributed by atoms with Gasteiger partial charge in [-0.1, -0.05) is 19.4 Å². The summed E-state index contributed by atoms with van der Waals surface area (Å²) in [5, 5.41) is 3.56. The molecule has 100 valence electrons. The van der Waals surface area contributed by atoms with E-state index in [0.717, 1.165) is 19.6 Å². The first kappa shape index (κ1) is 13.5. The first-order valence-electron chi connectivity index (χ1n) is 7.24. The Morgan fingerprint density at radius 3 is 3.17 bits per heavy atom. The summed E-state index contributed by atoms with van der Waals surface area (Å²) < 4.78 is 0. The third-order valence-corrected chi connectivity index (χ3v) is 3.66. The minimum absolute atomic E-state index is 0.700. The Morgan fingerprint density at radius 2 is 2.39 bits per heavy atom. The van der Waals surface area contributed by atoms with Crippen LogP contribution in [0.5, 0.6) is 0 Å².